The third kappa shape index (κ3) is 6.65. The molecule has 1 aliphatic rings. The van der Waals surface area contributed by atoms with E-state index in [0.29, 0.717) is 45.9 Å². The molecule has 232 valence electrons. The first-order chi connectivity index (χ1) is 22.4. The smallest absolute Gasteiger partial charge is 0.301 e. The number of pyridine rings is 1. The van der Waals surface area contributed by atoms with Crippen LogP contribution in [-0.2, 0) is 21.9 Å². The molecule has 0 radical (unpaired) electrons. The van der Waals surface area contributed by atoms with Crippen molar-refractivity contribution in [3.63, 3.8) is 0 Å². The van der Waals surface area contributed by atoms with Crippen LogP contribution in [0.25, 0.3) is 5.76 Å². The lowest BCUT2D eigenvalue weighted by Gasteiger charge is -2.23. The summed E-state index contributed by atoms with van der Waals surface area (Å²) >= 11 is 2.71. The van der Waals surface area contributed by atoms with Crippen molar-refractivity contribution in [3.8, 4) is 11.5 Å². The fourth-order valence-electron chi connectivity index (χ4n) is 5.02. The maximum absolute atomic E-state index is 13.7. The molecule has 0 saturated carbocycles. The molecule has 1 aliphatic heterocycles. The summed E-state index contributed by atoms with van der Waals surface area (Å²) in [7, 11) is 0. The molecule has 0 spiro atoms. The van der Waals surface area contributed by atoms with Gasteiger partial charge in [0, 0.05) is 23.7 Å². The molecule has 9 nitrogen and oxygen atoms in total. The average Bonchev–Trinajstić information content (AvgIpc) is 3.66. The molecule has 1 N–H and O–H groups in total. The second-order valence-electron chi connectivity index (χ2n) is 10.4. The Labute approximate surface area is 274 Å². The van der Waals surface area contributed by atoms with Crippen LogP contribution >= 0.6 is 23.1 Å². The number of ether oxygens (including phenoxy) is 2. The lowest BCUT2D eigenvalue weighted by atomic mass is 9.95. The minimum Gasteiger partial charge on any atom is -0.507 e. The van der Waals surface area contributed by atoms with Gasteiger partial charge in [-0.25, -0.2) is 0 Å². The van der Waals surface area contributed by atoms with Crippen molar-refractivity contribution in [2.75, 3.05) is 11.5 Å². The quantitative estimate of drug-likeness (QED) is 0.0524. The number of thioether (sulfide) groups is 1. The monoisotopic (exact) mass is 650 g/mol. The number of amides is 1. The number of ketones is 1. The Bertz CT molecular complexity index is 1880. The van der Waals surface area contributed by atoms with E-state index in [1.165, 1.54) is 46.0 Å². The van der Waals surface area contributed by atoms with Gasteiger partial charge in [0.15, 0.2) is 15.8 Å². The Kier molecular flexibility index (Phi) is 9.41. The predicted molar refractivity (Wildman–Crippen MR) is 178 cm³/mol. The van der Waals surface area contributed by atoms with E-state index >= 15 is 0 Å². The molecule has 0 aliphatic carbocycles. The van der Waals surface area contributed by atoms with Crippen LogP contribution in [0.1, 0.15) is 40.8 Å². The van der Waals surface area contributed by atoms with Gasteiger partial charge in [0.1, 0.15) is 12.4 Å². The van der Waals surface area contributed by atoms with E-state index in [2.05, 4.69) is 39.4 Å². The second-order valence-corrected chi connectivity index (χ2v) is 12.6. The van der Waals surface area contributed by atoms with Gasteiger partial charge in [0.05, 0.1) is 18.2 Å². The molecule has 1 saturated heterocycles. The zero-order chi connectivity index (χ0) is 32.0. The summed E-state index contributed by atoms with van der Waals surface area (Å²) in [5, 5.41) is 20.3. The van der Waals surface area contributed by atoms with Gasteiger partial charge in [-0.1, -0.05) is 89.3 Å². The minimum absolute atomic E-state index is 0.0688. The highest BCUT2D eigenvalue weighted by Crippen LogP contribution is 2.45. The van der Waals surface area contributed by atoms with Gasteiger partial charge in [0.2, 0.25) is 5.13 Å². The highest BCUT2D eigenvalue weighted by molar-refractivity contribution is 8.00. The van der Waals surface area contributed by atoms with Crippen LogP contribution in [0, 0.1) is 6.92 Å². The van der Waals surface area contributed by atoms with Crippen molar-refractivity contribution in [1.29, 1.82) is 0 Å². The zero-order valence-corrected chi connectivity index (χ0v) is 26.8. The van der Waals surface area contributed by atoms with Crippen LogP contribution in [0.3, 0.4) is 0 Å². The molecule has 1 fully saturated rings. The number of hydrogen-bond acceptors (Lipinski definition) is 10. The summed E-state index contributed by atoms with van der Waals surface area (Å²) < 4.78 is 12.7. The highest BCUT2D eigenvalue weighted by Gasteiger charge is 2.48. The molecule has 3 heterocycles. The van der Waals surface area contributed by atoms with Crippen LogP contribution in [0.15, 0.2) is 107 Å². The Morgan fingerprint density at radius 2 is 1.67 bits per heavy atom. The van der Waals surface area contributed by atoms with Crippen molar-refractivity contribution >= 4 is 45.7 Å². The zero-order valence-electron chi connectivity index (χ0n) is 25.1. The van der Waals surface area contributed by atoms with E-state index in [1.54, 1.807) is 30.3 Å². The molecule has 0 bridgehead atoms. The first-order valence-corrected chi connectivity index (χ1v) is 16.4. The number of Topliss-reactive ketones (excluding diaryl/α,β-unsaturated/α-hetero) is 1. The van der Waals surface area contributed by atoms with E-state index < -0.39 is 17.7 Å². The lowest BCUT2D eigenvalue weighted by molar-refractivity contribution is -0.132. The van der Waals surface area contributed by atoms with E-state index in [0.717, 1.165) is 11.1 Å². The molecule has 46 heavy (non-hydrogen) atoms. The molecule has 6 rings (SSSR count). The van der Waals surface area contributed by atoms with Gasteiger partial charge in [-0.3, -0.25) is 19.5 Å². The Balaban J connectivity index is 1.38. The molecular formula is C35H30N4O5S2. The van der Waals surface area contributed by atoms with Gasteiger partial charge in [-0.05, 0) is 54.8 Å². The fourth-order valence-corrected chi connectivity index (χ4v) is 6.84. The Morgan fingerprint density at radius 3 is 2.41 bits per heavy atom. The topological polar surface area (TPSA) is 115 Å². The van der Waals surface area contributed by atoms with Crippen LogP contribution in [0.4, 0.5) is 5.13 Å². The highest BCUT2D eigenvalue weighted by atomic mass is 32.2. The van der Waals surface area contributed by atoms with E-state index in [-0.39, 0.29) is 16.5 Å². The average molecular weight is 651 g/mol. The lowest BCUT2D eigenvalue weighted by Crippen LogP contribution is -2.29. The third-order valence-corrected chi connectivity index (χ3v) is 9.43. The molecule has 5 aromatic rings. The number of aliphatic hydroxyl groups is 1. The molecule has 1 unspecified atom stereocenters. The number of anilines is 1. The van der Waals surface area contributed by atoms with E-state index in [1.807, 2.05) is 44.2 Å². The maximum Gasteiger partial charge on any atom is 0.301 e. The summed E-state index contributed by atoms with van der Waals surface area (Å²) in [5.41, 5.74) is 4.13. The SMILES string of the molecule is CCOc1cc(C2C(=C(O)c3ccncc3)C(=O)C(=O)N2c2nnc(SCc3ccc(C)cc3)s2)ccc1OCc1ccccc1. The van der Waals surface area contributed by atoms with Crippen LogP contribution in [0.5, 0.6) is 11.5 Å². The summed E-state index contributed by atoms with van der Waals surface area (Å²) in [5.74, 6) is -0.334. The first kappa shape index (κ1) is 31.0. The van der Waals surface area contributed by atoms with Crippen molar-refractivity contribution in [2.24, 2.45) is 0 Å². The molecule has 1 amide bonds. The van der Waals surface area contributed by atoms with Gasteiger partial charge >= 0.3 is 5.91 Å². The molecule has 11 heteroatoms. The van der Waals surface area contributed by atoms with Crippen molar-refractivity contribution in [2.45, 2.75) is 36.6 Å². The number of aliphatic hydroxyl groups excluding tert-OH is 1. The van der Waals surface area contributed by atoms with E-state index in [4.69, 9.17) is 9.47 Å². The number of aryl methyl sites for hydroxylation is 1. The number of hydrogen-bond donors (Lipinski definition) is 1. The summed E-state index contributed by atoms with van der Waals surface area (Å²) in [6.07, 6.45) is 3.02. The predicted octanol–water partition coefficient (Wildman–Crippen LogP) is 7.14. The van der Waals surface area contributed by atoms with Crippen LogP contribution < -0.4 is 14.4 Å². The van der Waals surface area contributed by atoms with E-state index in [9.17, 15) is 14.7 Å². The Hall–Kier alpha value is -5.00. The molecule has 2 aromatic heterocycles. The minimum atomic E-state index is -1.00. The first-order valence-electron chi connectivity index (χ1n) is 14.6. The number of aromatic nitrogens is 3. The Morgan fingerprint density at radius 1 is 0.913 bits per heavy atom. The maximum atomic E-state index is 13.7. The fraction of sp³-hybridized carbons (Fsp3) is 0.171. The summed E-state index contributed by atoms with van der Waals surface area (Å²) in [6, 6.07) is 25.4. The number of carbonyl (C=O) groups is 2. The second kappa shape index (κ2) is 14.0. The largest absolute Gasteiger partial charge is 0.507 e. The van der Waals surface area contributed by atoms with Crippen molar-refractivity contribution < 1.29 is 24.2 Å². The standard InChI is InChI=1S/C35H30N4O5S2/c1-3-43-28-19-26(13-14-27(28)44-20-23-7-5-4-6-8-23)30-29(31(40)25-15-17-36-18-16-25)32(41)33(42)39(30)34-37-38-35(46-34)45-21-24-11-9-22(2)10-12-24/h4-19,30,40H,3,20-21H2,1-2H3. The van der Waals surface area contributed by atoms with Gasteiger partial charge in [-0.2, -0.15) is 0 Å². The van der Waals surface area contributed by atoms with Gasteiger partial charge in [0.25, 0.3) is 5.78 Å². The number of carbonyl (C=O) groups excluding carboxylic acids is 2. The number of rotatable bonds is 11. The van der Waals surface area contributed by atoms with Crippen molar-refractivity contribution in [3.05, 3.63) is 131 Å². The third-order valence-electron chi connectivity index (χ3n) is 7.30. The van der Waals surface area contributed by atoms with Crippen LogP contribution in [-0.4, -0.2) is 38.6 Å². The molecule has 1 atom stereocenters. The van der Waals surface area contributed by atoms with Gasteiger partial charge in [-0.15, -0.1) is 10.2 Å². The number of nitrogens with zero attached hydrogens (tertiary/aromatic N) is 4. The number of benzene rings is 3. The van der Waals surface area contributed by atoms with Crippen molar-refractivity contribution in [1.82, 2.24) is 15.2 Å². The summed E-state index contributed by atoms with van der Waals surface area (Å²) in [6.45, 7) is 4.59. The summed E-state index contributed by atoms with van der Waals surface area (Å²) in [4.78, 5) is 32.6. The molecular weight excluding hydrogens is 621 g/mol. The van der Waals surface area contributed by atoms with Gasteiger partial charge < -0.3 is 14.6 Å². The molecule has 3 aromatic carbocycles. The van der Waals surface area contributed by atoms with Crippen LogP contribution in [0.2, 0.25) is 0 Å². The normalized spacial score (nSPS) is 15.7.